The van der Waals surface area contributed by atoms with E-state index in [4.69, 9.17) is 0 Å². The standard InChI is InChI=1S/C16H12F2N6O2/c1-9-2-5-13(19-7-9)23-16-14(24(25)26)15(20-8-21-16)22-12-4-3-10(17)6-11(12)18/h2-8H,1H3,(H2,19,20,21,22,23). The molecular formula is C16H12F2N6O2. The normalized spacial score (nSPS) is 10.4. The summed E-state index contributed by atoms with van der Waals surface area (Å²) in [4.78, 5) is 22.5. The molecule has 132 valence electrons. The number of nitrogens with zero attached hydrogens (tertiary/aromatic N) is 4. The second kappa shape index (κ2) is 7.05. The summed E-state index contributed by atoms with van der Waals surface area (Å²) >= 11 is 0. The number of hydrogen-bond donors (Lipinski definition) is 2. The molecule has 3 rings (SSSR count). The number of aromatic nitrogens is 3. The number of benzene rings is 1. The number of anilines is 4. The number of aryl methyl sites for hydroxylation is 1. The van der Waals surface area contributed by atoms with E-state index in [1.165, 1.54) is 0 Å². The molecule has 3 aromatic rings. The van der Waals surface area contributed by atoms with Gasteiger partial charge in [0.15, 0.2) is 0 Å². The van der Waals surface area contributed by atoms with Crippen molar-refractivity contribution in [2.75, 3.05) is 10.6 Å². The summed E-state index contributed by atoms with van der Waals surface area (Å²) in [6.45, 7) is 1.85. The lowest BCUT2D eigenvalue weighted by Gasteiger charge is -2.10. The molecule has 2 aromatic heterocycles. The van der Waals surface area contributed by atoms with Crippen LogP contribution in [0.5, 0.6) is 0 Å². The van der Waals surface area contributed by atoms with E-state index in [0.717, 1.165) is 24.0 Å². The van der Waals surface area contributed by atoms with E-state index in [1.807, 2.05) is 6.92 Å². The molecule has 0 saturated heterocycles. The number of rotatable bonds is 5. The molecule has 0 amide bonds. The maximum atomic E-state index is 13.8. The van der Waals surface area contributed by atoms with Crippen molar-refractivity contribution in [2.45, 2.75) is 6.92 Å². The lowest BCUT2D eigenvalue weighted by molar-refractivity contribution is -0.383. The van der Waals surface area contributed by atoms with Crippen molar-refractivity contribution in [2.24, 2.45) is 0 Å². The van der Waals surface area contributed by atoms with Crippen molar-refractivity contribution >= 4 is 28.8 Å². The molecule has 0 saturated carbocycles. The van der Waals surface area contributed by atoms with Gasteiger partial charge in [-0.15, -0.1) is 0 Å². The van der Waals surface area contributed by atoms with Gasteiger partial charge in [-0.05, 0) is 30.7 Å². The van der Waals surface area contributed by atoms with Crippen LogP contribution in [0.25, 0.3) is 0 Å². The predicted molar refractivity (Wildman–Crippen MR) is 90.6 cm³/mol. The Bertz CT molecular complexity index is 965. The van der Waals surface area contributed by atoms with Crippen molar-refractivity contribution in [1.29, 1.82) is 0 Å². The topological polar surface area (TPSA) is 106 Å². The van der Waals surface area contributed by atoms with Gasteiger partial charge in [-0.3, -0.25) is 10.1 Å². The third-order valence-corrected chi connectivity index (χ3v) is 3.35. The minimum Gasteiger partial charge on any atom is -0.332 e. The fraction of sp³-hybridized carbons (Fsp3) is 0.0625. The molecule has 0 aliphatic rings. The zero-order valence-electron chi connectivity index (χ0n) is 13.4. The van der Waals surface area contributed by atoms with Crippen LogP contribution >= 0.6 is 0 Å². The van der Waals surface area contributed by atoms with Gasteiger partial charge in [-0.1, -0.05) is 6.07 Å². The first kappa shape index (κ1) is 17.1. The number of nitrogens with one attached hydrogen (secondary N) is 2. The van der Waals surface area contributed by atoms with Gasteiger partial charge in [0.25, 0.3) is 0 Å². The molecule has 26 heavy (non-hydrogen) atoms. The summed E-state index contributed by atoms with van der Waals surface area (Å²) in [6, 6.07) is 6.20. The summed E-state index contributed by atoms with van der Waals surface area (Å²) in [5, 5.41) is 16.7. The quantitative estimate of drug-likeness (QED) is 0.527. The van der Waals surface area contributed by atoms with Crippen molar-refractivity contribution < 1.29 is 13.7 Å². The SMILES string of the molecule is Cc1ccc(Nc2ncnc(Nc3ccc(F)cc3F)c2[N+](=O)[O-])nc1. The lowest BCUT2D eigenvalue weighted by Crippen LogP contribution is -2.06. The van der Waals surface area contributed by atoms with E-state index in [0.29, 0.717) is 11.9 Å². The van der Waals surface area contributed by atoms with E-state index in [-0.39, 0.29) is 17.3 Å². The highest BCUT2D eigenvalue weighted by atomic mass is 19.1. The molecule has 8 nitrogen and oxygen atoms in total. The molecule has 0 fully saturated rings. The van der Waals surface area contributed by atoms with Gasteiger partial charge in [-0.2, -0.15) is 0 Å². The van der Waals surface area contributed by atoms with Crippen LogP contribution in [0.3, 0.4) is 0 Å². The first-order valence-corrected chi connectivity index (χ1v) is 7.35. The Morgan fingerprint density at radius 1 is 1.04 bits per heavy atom. The Kier molecular flexibility index (Phi) is 4.65. The molecule has 2 N–H and O–H groups in total. The van der Waals surface area contributed by atoms with Crippen LogP contribution in [0.4, 0.5) is 37.6 Å². The molecular weight excluding hydrogens is 346 g/mol. The minimum absolute atomic E-state index is 0.119. The molecule has 1 aromatic carbocycles. The zero-order valence-corrected chi connectivity index (χ0v) is 13.4. The average Bonchev–Trinajstić information content (AvgIpc) is 2.59. The first-order chi connectivity index (χ1) is 12.4. The Morgan fingerprint density at radius 3 is 2.38 bits per heavy atom. The number of nitro groups is 1. The van der Waals surface area contributed by atoms with Crippen LogP contribution in [0, 0.1) is 28.7 Å². The van der Waals surface area contributed by atoms with Crippen molar-refractivity contribution in [3.63, 3.8) is 0 Å². The van der Waals surface area contributed by atoms with E-state index >= 15 is 0 Å². The largest absolute Gasteiger partial charge is 0.353 e. The van der Waals surface area contributed by atoms with E-state index in [2.05, 4.69) is 25.6 Å². The summed E-state index contributed by atoms with van der Waals surface area (Å²) < 4.78 is 26.8. The van der Waals surface area contributed by atoms with Gasteiger partial charge < -0.3 is 10.6 Å². The molecule has 10 heteroatoms. The fourth-order valence-corrected chi connectivity index (χ4v) is 2.12. The summed E-state index contributed by atoms with van der Waals surface area (Å²) in [5.74, 6) is -1.70. The Hall–Kier alpha value is -3.69. The van der Waals surface area contributed by atoms with Crippen LogP contribution in [-0.4, -0.2) is 19.9 Å². The fourth-order valence-electron chi connectivity index (χ4n) is 2.12. The Morgan fingerprint density at radius 2 is 1.77 bits per heavy atom. The predicted octanol–water partition coefficient (Wildman–Crippen LogP) is 3.85. The summed E-state index contributed by atoms with van der Waals surface area (Å²) in [7, 11) is 0. The molecule has 0 atom stereocenters. The number of hydrogen-bond acceptors (Lipinski definition) is 7. The Balaban J connectivity index is 1.98. The van der Waals surface area contributed by atoms with Crippen molar-refractivity contribution in [3.8, 4) is 0 Å². The van der Waals surface area contributed by atoms with Gasteiger partial charge in [0.2, 0.25) is 11.6 Å². The summed E-state index contributed by atoms with van der Waals surface area (Å²) in [5.41, 5.74) is 0.257. The van der Waals surface area contributed by atoms with Gasteiger partial charge in [0, 0.05) is 12.3 Å². The lowest BCUT2D eigenvalue weighted by atomic mass is 10.3. The van der Waals surface area contributed by atoms with Gasteiger partial charge in [0.1, 0.15) is 23.8 Å². The van der Waals surface area contributed by atoms with Gasteiger partial charge >= 0.3 is 5.69 Å². The highest BCUT2D eigenvalue weighted by Crippen LogP contribution is 2.33. The maximum Gasteiger partial charge on any atom is 0.353 e. The number of pyridine rings is 1. The molecule has 0 radical (unpaired) electrons. The second-order valence-corrected chi connectivity index (χ2v) is 5.27. The van der Waals surface area contributed by atoms with E-state index in [1.54, 1.807) is 18.3 Å². The highest BCUT2D eigenvalue weighted by Gasteiger charge is 2.24. The van der Waals surface area contributed by atoms with Gasteiger partial charge in [0.05, 0.1) is 10.6 Å². The Labute approximate surface area is 146 Å². The highest BCUT2D eigenvalue weighted by molar-refractivity contribution is 5.76. The monoisotopic (exact) mass is 358 g/mol. The third-order valence-electron chi connectivity index (χ3n) is 3.35. The van der Waals surface area contributed by atoms with Crippen molar-refractivity contribution in [1.82, 2.24) is 15.0 Å². The molecule has 0 aliphatic heterocycles. The van der Waals surface area contributed by atoms with E-state index in [9.17, 15) is 18.9 Å². The van der Waals surface area contributed by atoms with E-state index < -0.39 is 22.2 Å². The van der Waals surface area contributed by atoms with Crippen LogP contribution in [0.2, 0.25) is 0 Å². The molecule has 0 unspecified atom stereocenters. The molecule has 2 heterocycles. The van der Waals surface area contributed by atoms with Crippen molar-refractivity contribution in [3.05, 3.63) is 70.2 Å². The van der Waals surface area contributed by atoms with Crippen LogP contribution in [-0.2, 0) is 0 Å². The zero-order chi connectivity index (χ0) is 18.7. The van der Waals surface area contributed by atoms with Crippen LogP contribution in [0.15, 0.2) is 42.9 Å². The first-order valence-electron chi connectivity index (χ1n) is 7.35. The number of halogens is 2. The molecule has 0 spiro atoms. The van der Waals surface area contributed by atoms with Crippen LogP contribution < -0.4 is 10.6 Å². The molecule has 0 aliphatic carbocycles. The minimum atomic E-state index is -0.910. The average molecular weight is 358 g/mol. The third kappa shape index (κ3) is 3.69. The maximum absolute atomic E-state index is 13.8. The van der Waals surface area contributed by atoms with Crippen LogP contribution in [0.1, 0.15) is 5.56 Å². The van der Waals surface area contributed by atoms with Gasteiger partial charge in [-0.25, -0.2) is 23.7 Å². The second-order valence-electron chi connectivity index (χ2n) is 5.27. The smallest absolute Gasteiger partial charge is 0.332 e. The summed E-state index contributed by atoms with van der Waals surface area (Å²) in [6.07, 6.45) is 2.66. The molecule has 0 bridgehead atoms.